The molecule has 0 aliphatic rings. The van der Waals surface area contributed by atoms with E-state index in [1.54, 1.807) is 0 Å². The van der Waals surface area contributed by atoms with E-state index in [1.165, 1.54) is 263 Å². The summed E-state index contributed by atoms with van der Waals surface area (Å²) in [4.78, 5) is 73.2. The smallest absolute Gasteiger partial charge is 0.462 e. The van der Waals surface area contributed by atoms with Gasteiger partial charge in [0, 0.05) is 25.7 Å². The van der Waals surface area contributed by atoms with Gasteiger partial charge in [0.1, 0.15) is 19.3 Å². The Labute approximate surface area is 645 Å². The van der Waals surface area contributed by atoms with Gasteiger partial charge in [-0.15, -0.1) is 0 Å². The molecule has 105 heavy (non-hydrogen) atoms. The summed E-state index contributed by atoms with van der Waals surface area (Å²) in [5, 5.41) is 10.7. The lowest BCUT2D eigenvalue weighted by molar-refractivity contribution is -0.161. The topological polar surface area (TPSA) is 237 Å². The second-order valence-corrected chi connectivity index (χ2v) is 34.8. The monoisotopic (exact) mass is 1540 g/mol. The standard InChI is InChI=1S/C86H168O17P2/c1-8-11-12-13-14-15-16-17-18-19-20-21-25-28-31-34-37-46-53-60-67-83(88)96-73-81(102-85(90)69-62-55-48-38-35-32-29-26-23-22-24-27-30-33-36-43-50-57-64-77(4)5)75-100-104(92,93)98-71-80(87)72-99-105(94,95)101-76-82(103-86(91)70-63-56-49-42-40-45-52-59-66-79(7)10-3)74-97-84(89)68-61-54-47-41-39-44-51-58-65-78(6)9-2/h77-82,87H,8-76H2,1-7H3,(H,92,93)(H,94,95)/t78?,79?,80-,81-,82-/m1/s1. The van der Waals surface area contributed by atoms with Gasteiger partial charge in [0.05, 0.1) is 26.4 Å². The van der Waals surface area contributed by atoms with Crippen LogP contribution in [0.1, 0.15) is 453 Å². The van der Waals surface area contributed by atoms with Gasteiger partial charge >= 0.3 is 39.5 Å². The van der Waals surface area contributed by atoms with Crippen LogP contribution in [0.4, 0.5) is 0 Å². The first-order valence-electron chi connectivity index (χ1n) is 44.4. The molecule has 0 aliphatic carbocycles. The predicted octanol–water partition coefficient (Wildman–Crippen LogP) is 26.1. The van der Waals surface area contributed by atoms with Crippen LogP contribution in [0, 0.1) is 17.8 Å². The molecule has 0 heterocycles. The van der Waals surface area contributed by atoms with Crippen LogP contribution in [0.5, 0.6) is 0 Å². The molecule has 0 saturated carbocycles. The molecule has 17 nitrogen and oxygen atoms in total. The number of phosphoric ester groups is 2. The quantitative estimate of drug-likeness (QED) is 0.0222. The van der Waals surface area contributed by atoms with Crippen molar-refractivity contribution in [2.45, 2.75) is 471 Å². The minimum absolute atomic E-state index is 0.105. The van der Waals surface area contributed by atoms with E-state index in [-0.39, 0.29) is 25.7 Å². The Hall–Kier alpha value is -1.94. The van der Waals surface area contributed by atoms with Gasteiger partial charge in [0.15, 0.2) is 12.2 Å². The van der Waals surface area contributed by atoms with Crippen LogP contribution in [0.25, 0.3) is 0 Å². The maximum absolute atomic E-state index is 13.2. The van der Waals surface area contributed by atoms with Crippen molar-refractivity contribution >= 4 is 39.5 Å². The molecule has 4 unspecified atom stereocenters. The van der Waals surface area contributed by atoms with E-state index >= 15 is 0 Å². The molecule has 0 aromatic heterocycles. The average molecular weight is 1540 g/mol. The van der Waals surface area contributed by atoms with E-state index < -0.39 is 97.5 Å². The number of ether oxygens (including phenoxy) is 4. The van der Waals surface area contributed by atoms with Crippen molar-refractivity contribution in [3.8, 4) is 0 Å². The molecule has 0 rings (SSSR count). The van der Waals surface area contributed by atoms with Crippen molar-refractivity contribution in [1.82, 2.24) is 0 Å². The van der Waals surface area contributed by atoms with Crippen molar-refractivity contribution < 1.29 is 80.2 Å². The lowest BCUT2D eigenvalue weighted by atomic mass is 9.99. The average Bonchev–Trinajstić information content (AvgIpc) is 0.924. The van der Waals surface area contributed by atoms with Gasteiger partial charge in [0.25, 0.3) is 0 Å². The summed E-state index contributed by atoms with van der Waals surface area (Å²) < 4.78 is 68.9. The summed E-state index contributed by atoms with van der Waals surface area (Å²) in [5.74, 6) is 0.260. The Bertz CT molecular complexity index is 2030. The molecule has 624 valence electrons. The van der Waals surface area contributed by atoms with Crippen molar-refractivity contribution in [3.05, 3.63) is 0 Å². The minimum Gasteiger partial charge on any atom is -0.462 e. The summed E-state index contributed by atoms with van der Waals surface area (Å²) >= 11 is 0. The van der Waals surface area contributed by atoms with Crippen LogP contribution in [0.3, 0.4) is 0 Å². The number of carbonyl (C=O) groups excluding carboxylic acids is 4. The zero-order valence-corrected chi connectivity index (χ0v) is 71.0. The highest BCUT2D eigenvalue weighted by atomic mass is 31.2. The lowest BCUT2D eigenvalue weighted by Crippen LogP contribution is -2.30. The van der Waals surface area contributed by atoms with Crippen LogP contribution >= 0.6 is 15.6 Å². The highest BCUT2D eigenvalue weighted by Crippen LogP contribution is 2.45. The van der Waals surface area contributed by atoms with Crippen molar-refractivity contribution in [2.24, 2.45) is 17.8 Å². The van der Waals surface area contributed by atoms with Crippen molar-refractivity contribution in [2.75, 3.05) is 39.6 Å². The predicted molar refractivity (Wildman–Crippen MR) is 432 cm³/mol. The number of rotatable bonds is 84. The summed E-state index contributed by atoms with van der Waals surface area (Å²) in [6.07, 6.45) is 66.7. The van der Waals surface area contributed by atoms with E-state index in [0.717, 1.165) is 108 Å². The molecular weight excluding hydrogens is 1370 g/mol. The molecule has 0 aromatic rings. The molecule has 0 aliphatic heterocycles. The Morgan fingerprint density at radius 1 is 0.276 bits per heavy atom. The molecule has 7 atom stereocenters. The highest BCUT2D eigenvalue weighted by Gasteiger charge is 2.30. The molecule has 0 radical (unpaired) electrons. The molecule has 0 aromatic carbocycles. The van der Waals surface area contributed by atoms with Crippen molar-refractivity contribution in [1.29, 1.82) is 0 Å². The minimum atomic E-state index is -4.97. The third-order valence-electron chi connectivity index (χ3n) is 20.9. The number of esters is 4. The number of hydrogen-bond acceptors (Lipinski definition) is 15. The third-order valence-corrected chi connectivity index (χ3v) is 22.8. The fourth-order valence-electron chi connectivity index (χ4n) is 13.3. The zero-order valence-electron chi connectivity index (χ0n) is 69.2. The van der Waals surface area contributed by atoms with Crippen LogP contribution in [-0.2, 0) is 65.4 Å². The molecule has 0 bridgehead atoms. The SMILES string of the molecule is CCCCCCCCCCCCCCCCCCCCCCC(=O)OC[C@H](COP(=O)(O)OC[C@@H](O)COP(=O)(O)OC[C@@H](COC(=O)CCCCCCCCCCC(C)CC)OC(=O)CCCCCCCCCCC(C)CC)OC(=O)CCCCCCCCCCCCCCCCCCCCC(C)C. The van der Waals surface area contributed by atoms with E-state index in [2.05, 4.69) is 48.5 Å². The number of aliphatic hydroxyl groups excluding tert-OH is 1. The van der Waals surface area contributed by atoms with Gasteiger partial charge in [-0.25, -0.2) is 9.13 Å². The molecule has 3 N–H and O–H groups in total. The second-order valence-electron chi connectivity index (χ2n) is 31.9. The van der Waals surface area contributed by atoms with Crippen molar-refractivity contribution in [3.63, 3.8) is 0 Å². The fourth-order valence-corrected chi connectivity index (χ4v) is 14.9. The second kappa shape index (κ2) is 76.1. The van der Waals surface area contributed by atoms with Gasteiger partial charge in [-0.2, -0.15) is 0 Å². The Morgan fingerprint density at radius 3 is 0.724 bits per heavy atom. The first kappa shape index (κ1) is 103. The number of hydrogen-bond donors (Lipinski definition) is 3. The van der Waals surface area contributed by atoms with Gasteiger partial charge in [-0.1, -0.05) is 402 Å². The zero-order chi connectivity index (χ0) is 77.2. The largest absolute Gasteiger partial charge is 0.472 e. The molecule has 0 fully saturated rings. The fraction of sp³-hybridized carbons (Fsp3) is 0.953. The summed E-state index contributed by atoms with van der Waals surface area (Å²) in [6.45, 7) is 12.0. The van der Waals surface area contributed by atoms with Gasteiger partial charge < -0.3 is 33.8 Å². The van der Waals surface area contributed by atoms with E-state index in [4.69, 9.17) is 37.0 Å². The number of aliphatic hydroxyl groups is 1. The van der Waals surface area contributed by atoms with Crippen LogP contribution in [-0.4, -0.2) is 96.7 Å². The number of carbonyl (C=O) groups is 4. The summed E-state index contributed by atoms with van der Waals surface area (Å²) in [7, 11) is -9.93. The third kappa shape index (κ3) is 77.2. The molecular formula is C86H168O17P2. The molecule has 0 saturated heterocycles. The van der Waals surface area contributed by atoms with E-state index in [1.807, 2.05) is 0 Å². The Morgan fingerprint density at radius 2 is 0.486 bits per heavy atom. The summed E-state index contributed by atoms with van der Waals surface area (Å²) in [5.41, 5.74) is 0. The normalized spacial score (nSPS) is 14.4. The highest BCUT2D eigenvalue weighted by molar-refractivity contribution is 7.47. The van der Waals surface area contributed by atoms with E-state index in [0.29, 0.717) is 25.7 Å². The van der Waals surface area contributed by atoms with E-state index in [9.17, 15) is 43.2 Å². The first-order valence-corrected chi connectivity index (χ1v) is 47.4. The Kier molecular flexibility index (Phi) is 74.7. The molecule has 19 heteroatoms. The van der Waals surface area contributed by atoms with Crippen LogP contribution in [0.2, 0.25) is 0 Å². The van der Waals surface area contributed by atoms with Gasteiger partial charge in [-0.05, 0) is 43.4 Å². The molecule has 0 amide bonds. The van der Waals surface area contributed by atoms with Crippen LogP contribution in [0.15, 0.2) is 0 Å². The van der Waals surface area contributed by atoms with Gasteiger partial charge in [0.2, 0.25) is 0 Å². The maximum atomic E-state index is 13.2. The maximum Gasteiger partial charge on any atom is 0.472 e. The van der Waals surface area contributed by atoms with Gasteiger partial charge in [-0.3, -0.25) is 37.3 Å². The lowest BCUT2D eigenvalue weighted by Gasteiger charge is -2.21. The number of phosphoric acid groups is 2. The van der Waals surface area contributed by atoms with Crippen LogP contribution < -0.4 is 0 Å². The number of unbranched alkanes of at least 4 members (excludes halogenated alkanes) is 50. The Balaban J connectivity index is 5.23. The first-order chi connectivity index (χ1) is 50.8. The summed E-state index contributed by atoms with van der Waals surface area (Å²) in [6, 6.07) is 0. The molecule has 0 spiro atoms.